The molecule has 0 aromatic heterocycles. The molecule has 0 saturated heterocycles. The van der Waals surface area contributed by atoms with E-state index in [9.17, 15) is 0 Å². The van der Waals surface area contributed by atoms with E-state index in [4.69, 9.17) is 12.6 Å². The molecule has 0 saturated carbocycles. The minimum absolute atomic E-state index is 0.266. The van der Waals surface area contributed by atoms with Gasteiger partial charge in [-0.3, -0.25) is 0 Å². The Morgan fingerprint density at radius 1 is 1.30 bits per heavy atom. The summed E-state index contributed by atoms with van der Waals surface area (Å²) in [6.07, 6.45) is 0. The van der Waals surface area contributed by atoms with Crippen LogP contribution in [-0.4, -0.2) is 4.58 Å². The summed E-state index contributed by atoms with van der Waals surface area (Å²) in [6.45, 7) is 2.02. The molecule has 0 heterocycles. The molecule has 0 aliphatic heterocycles. The summed E-state index contributed by atoms with van der Waals surface area (Å²) < 4.78 is 0.266. The van der Waals surface area contributed by atoms with Gasteiger partial charge in [0.05, 0.1) is 4.58 Å². The zero-order valence-electron chi connectivity index (χ0n) is 5.78. The van der Waals surface area contributed by atoms with E-state index in [1.54, 1.807) is 11.8 Å². The first-order valence-electron chi connectivity index (χ1n) is 3.16. The van der Waals surface area contributed by atoms with Crippen LogP contribution in [0, 0.1) is 0 Å². The Balaban J connectivity index is 2.59. The molecular formula is C8H9S2. The smallest absolute Gasteiger partial charge is 0.0625 e. The fourth-order valence-electron chi connectivity index (χ4n) is 0.691. The van der Waals surface area contributed by atoms with Gasteiger partial charge < -0.3 is 0 Å². The average Bonchev–Trinajstić information content (AvgIpc) is 1.88. The summed E-state index contributed by atoms with van der Waals surface area (Å²) in [5.74, 6) is 0. The highest BCUT2D eigenvalue weighted by Gasteiger charge is 1.96. The first kappa shape index (κ1) is 8.02. The Labute approximate surface area is 71.4 Å². The second-order valence-electron chi connectivity index (χ2n) is 2.00. The summed E-state index contributed by atoms with van der Waals surface area (Å²) in [6, 6.07) is 10.2. The molecule has 1 rings (SSSR count). The van der Waals surface area contributed by atoms with Crippen LogP contribution in [0.5, 0.6) is 0 Å². The molecule has 10 heavy (non-hydrogen) atoms. The summed E-state index contributed by atoms with van der Waals surface area (Å²) in [4.78, 5) is 1.25. The van der Waals surface area contributed by atoms with Gasteiger partial charge in [0.1, 0.15) is 0 Å². The van der Waals surface area contributed by atoms with Crippen molar-refractivity contribution in [1.82, 2.24) is 0 Å². The van der Waals surface area contributed by atoms with Crippen molar-refractivity contribution in [1.29, 1.82) is 0 Å². The van der Waals surface area contributed by atoms with Crippen LogP contribution in [-0.2, 0) is 0 Å². The first-order valence-corrected chi connectivity index (χ1v) is 4.51. The van der Waals surface area contributed by atoms with E-state index >= 15 is 0 Å². The molecule has 0 N–H and O–H groups in total. The predicted molar refractivity (Wildman–Crippen MR) is 49.4 cm³/mol. The molecule has 0 fully saturated rings. The van der Waals surface area contributed by atoms with Gasteiger partial charge in [-0.15, -0.1) is 11.8 Å². The SMILES string of the molecule is CC([S])Sc1ccccc1. The Kier molecular flexibility index (Phi) is 3.16. The lowest BCUT2D eigenvalue weighted by Crippen LogP contribution is -1.80. The summed E-state index contributed by atoms with van der Waals surface area (Å²) in [5.41, 5.74) is 0. The summed E-state index contributed by atoms with van der Waals surface area (Å²) in [7, 11) is 0. The monoisotopic (exact) mass is 169 g/mol. The molecule has 1 unspecified atom stereocenters. The Morgan fingerprint density at radius 3 is 2.40 bits per heavy atom. The zero-order valence-corrected chi connectivity index (χ0v) is 7.41. The van der Waals surface area contributed by atoms with Gasteiger partial charge in [0.25, 0.3) is 0 Å². The van der Waals surface area contributed by atoms with E-state index in [0.717, 1.165) is 0 Å². The molecule has 0 aliphatic rings. The molecule has 1 aromatic carbocycles. The Bertz CT molecular complexity index is 182. The molecule has 1 radical (unpaired) electrons. The van der Waals surface area contributed by atoms with Gasteiger partial charge >= 0.3 is 0 Å². The minimum atomic E-state index is 0.266. The summed E-state index contributed by atoms with van der Waals surface area (Å²) >= 11 is 6.74. The maximum absolute atomic E-state index is 5.02. The van der Waals surface area contributed by atoms with Gasteiger partial charge in [0.2, 0.25) is 0 Å². The molecule has 1 atom stereocenters. The van der Waals surface area contributed by atoms with E-state index in [0.29, 0.717) is 0 Å². The van der Waals surface area contributed by atoms with E-state index in [1.807, 2.05) is 25.1 Å². The third kappa shape index (κ3) is 2.67. The maximum Gasteiger partial charge on any atom is 0.0625 e. The van der Waals surface area contributed by atoms with E-state index in [-0.39, 0.29) is 4.58 Å². The Morgan fingerprint density at radius 2 is 1.90 bits per heavy atom. The Hall–Kier alpha value is -0.0800. The molecule has 0 aliphatic carbocycles. The van der Waals surface area contributed by atoms with Crippen molar-refractivity contribution in [2.24, 2.45) is 0 Å². The van der Waals surface area contributed by atoms with Crippen LogP contribution in [0.3, 0.4) is 0 Å². The molecule has 0 amide bonds. The van der Waals surface area contributed by atoms with Crippen LogP contribution in [0.2, 0.25) is 0 Å². The first-order chi connectivity index (χ1) is 4.79. The number of benzene rings is 1. The summed E-state index contributed by atoms with van der Waals surface area (Å²) in [5, 5.41) is 0. The van der Waals surface area contributed by atoms with Gasteiger partial charge in [0.15, 0.2) is 0 Å². The molecule has 53 valence electrons. The topological polar surface area (TPSA) is 0 Å². The number of thioether (sulfide) groups is 1. The van der Waals surface area contributed by atoms with Crippen LogP contribution in [0.1, 0.15) is 6.92 Å². The fraction of sp³-hybridized carbons (Fsp3) is 0.250. The van der Waals surface area contributed by atoms with Crippen LogP contribution in [0.15, 0.2) is 35.2 Å². The van der Waals surface area contributed by atoms with Gasteiger partial charge in [0, 0.05) is 4.90 Å². The van der Waals surface area contributed by atoms with Crippen LogP contribution < -0.4 is 0 Å². The highest BCUT2D eigenvalue weighted by Crippen LogP contribution is 2.23. The average molecular weight is 169 g/mol. The second kappa shape index (κ2) is 3.94. The molecule has 0 nitrogen and oxygen atoms in total. The van der Waals surface area contributed by atoms with Crippen molar-refractivity contribution in [2.75, 3.05) is 0 Å². The van der Waals surface area contributed by atoms with Crippen LogP contribution in [0.25, 0.3) is 0 Å². The lowest BCUT2D eigenvalue weighted by atomic mass is 10.4. The van der Waals surface area contributed by atoms with Gasteiger partial charge in [-0.25, -0.2) is 0 Å². The van der Waals surface area contributed by atoms with Crippen molar-refractivity contribution in [3.8, 4) is 0 Å². The standard InChI is InChI=1S/C8H9S2/c1-7(9)10-8-5-3-2-4-6-8/h2-7H,1H3. The number of hydrogen-bond donors (Lipinski definition) is 0. The van der Waals surface area contributed by atoms with E-state index < -0.39 is 0 Å². The van der Waals surface area contributed by atoms with Gasteiger partial charge in [-0.05, 0) is 19.1 Å². The molecule has 0 bridgehead atoms. The van der Waals surface area contributed by atoms with E-state index in [1.165, 1.54) is 4.90 Å². The van der Waals surface area contributed by atoms with Gasteiger partial charge in [-0.1, -0.05) is 30.8 Å². The fourth-order valence-corrected chi connectivity index (χ4v) is 1.72. The molecular weight excluding hydrogens is 160 g/mol. The van der Waals surface area contributed by atoms with Crippen LogP contribution in [0.4, 0.5) is 0 Å². The molecule has 0 spiro atoms. The largest absolute Gasteiger partial charge is 0.111 e. The second-order valence-corrected chi connectivity index (χ2v) is 4.42. The zero-order chi connectivity index (χ0) is 7.40. The maximum atomic E-state index is 5.02. The van der Waals surface area contributed by atoms with Crippen molar-refractivity contribution < 1.29 is 0 Å². The third-order valence-electron chi connectivity index (χ3n) is 1.05. The minimum Gasteiger partial charge on any atom is -0.111 e. The van der Waals surface area contributed by atoms with Gasteiger partial charge in [-0.2, -0.15) is 0 Å². The van der Waals surface area contributed by atoms with Crippen LogP contribution >= 0.6 is 24.4 Å². The quantitative estimate of drug-likeness (QED) is 0.612. The lowest BCUT2D eigenvalue weighted by molar-refractivity contribution is 1.39. The molecule has 2 heteroatoms. The number of rotatable bonds is 2. The van der Waals surface area contributed by atoms with Crippen molar-refractivity contribution in [3.05, 3.63) is 30.3 Å². The van der Waals surface area contributed by atoms with E-state index in [2.05, 4.69) is 12.1 Å². The highest BCUT2D eigenvalue weighted by molar-refractivity contribution is 8.10. The predicted octanol–water partition coefficient (Wildman–Crippen LogP) is 3.32. The molecule has 1 aromatic rings. The lowest BCUT2D eigenvalue weighted by Gasteiger charge is -2.00. The number of hydrogen-bond acceptors (Lipinski definition) is 1. The highest BCUT2D eigenvalue weighted by atomic mass is 32.2. The third-order valence-corrected chi connectivity index (χ3v) is 2.21. The normalized spacial score (nSPS) is 13.0. The van der Waals surface area contributed by atoms with Crippen molar-refractivity contribution >= 4 is 24.4 Å². The van der Waals surface area contributed by atoms with Crippen molar-refractivity contribution in [2.45, 2.75) is 16.4 Å². The van der Waals surface area contributed by atoms with Crippen molar-refractivity contribution in [3.63, 3.8) is 0 Å².